The smallest absolute Gasteiger partial charge is 0.326 e. The van der Waals surface area contributed by atoms with Crippen LogP contribution in [-0.4, -0.2) is 162 Å². The number of nitrogens with one attached hydrogen (secondary N) is 6. The first-order valence-corrected chi connectivity index (χ1v) is 21.9. The summed E-state index contributed by atoms with van der Waals surface area (Å²) in [6.45, 7) is -0.262. The van der Waals surface area contributed by atoms with E-state index in [0.717, 1.165) is 0 Å². The Labute approximate surface area is 388 Å². The number of aliphatic imine (C=N–C) groups is 3. The molecule has 0 fully saturated rings. The van der Waals surface area contributed by atoms with Crippen LogP contribution in [0.3, 0.4) is 0 Å². The number of aliphatic hydroxyl groups is 1. The second-order valence-electron chi connectivity index (χ2n) is 15.3. The summed E-state index contributed by atoms with van der Waals surface area (Å²) in [6.07, 6.45) is 1.11. The zero-order valence-corrected chi connectivity index (χ0v) is 37.8. The molecule has 7 atom stereocenters. The normalized spacial score (nSPS) is 13.9. The van der Waals surface area contributed by atoms with Crippen LogP contribution in [0.15, 0.2) is 15.0 Å². The first-order valence-electron chi connectivity index (χ1n) is 21.9. The van der Waals surface area contributed by atoms with Gasteiger partial charge in [0.15, 0.2) is 17.9 Å². The van der Waals surface area contributed by atoms with E-state index in [1.807, 2.05) is 0 Å². The van der Waals surface area contributed by atoms with Gasteiger partial charge in [0.25, 0.3) is 0 Å². The molecule has 29 nitrogen and oxygen atoms in total. The molecule has 0 aliphatic rings. The molecule has 0 rings (SSSR count). The van der Waals surface area contributed by atoms with Crippen molar-refractivity contribution in [2.24, 2.45) is 66.6 Å². The van der Waals surface area contributed by atoms with Crippen molar-refractivity contribution >= 4 is 65.3 Å². The fourth-order valence-electron chi connectivity index (χ4n) is 6.08. The van der Waals surface area contributed by atoms with E-state index >= 15 is 0 Å². The van der Waals surface area contributed by atoms with Crippen LogP contribution in [0.5, 0.6) is 0 Å². The molecule has 0 aromatic rings. The minimum atomic E-state index is -1.73. The maximum atomic E-state index is 13.8. The van der Waals surface area contributed by atoms with Crippen molar-refractivity contribution < 1.29 is 53.7 Å². The van der Waals surface area contributed by atoms with E-state index in [1.54, 1.807) is 0 Å². The maximum absolute atomic E-state index is 13.8. The first kappa shape index (κ1) is 60.4. The van der Waals surface area contributed by atoms with Crippen LogP contribution in [0.25, 0.3) is 0 Å². The third-order valence-corrected chi connectivity index (χ3v) is 9.70. The number of carbonyl (C=O) groups is 8. The van der Waals surface area contributed by atoms with E-state index in [9.17, 15) is 48.6 Å². The highest BCUT2D eigenvalue weighted by molar-refractivity contribution is 5.97. The number of hydrogen-bond acceptors (Lipinski definition) is 15. The van der Waals surface area contributed by atoms with E-state index in [4.69, 9.17) is 56.7 Å². The molecule has 0 spiro atoms. The van der Waals surface area contributed by atoms with Gasteiger partial charge in [0, 0.05) is 26.1 Å². The van der Waals surface area contributed by atoms with Crippen LogP contribution in [-0.2, 0) is 38.4 Å². The van der Waals surface area contributed by atoms with Crippen molar-refractivity contribution in [2.45, 2.75) is 132 Å². The molecule has 0 saturated heterocycles. The quantitative estimate of drug-likeness (QED) is 0.0156. The molecule has 67 heavy (non-hydrogen) atoms. The van der Waals surface area contributed by atoms with E-state index in [-0.39, 0.29) is 89.0 Å². The minimum absolute atomic E-state index is 0.00725. The molecular weight excluding hydrogens is 885 g/mol. The van der Waals surface area contributed by atoms with Gasteiger partial charge >= 0.3 is 11.9 Å². The molecule has 0 radical (unpaired) electrons. The Bertz CT molecular complexity index is 1670. The average molecular weight is 959 g/mol. The molecule has 0 aliphatic carbocycles. The van der Waals surface area contributed by atoms with Gasteiger partial charge in [-0.1, -0.05) is 0 Å². The number of amides is 6. The van der Waals surface area contributed by atoms with Gasteiger partial charge in [-0.05, 0) is 96.6 Å². The number of aliphatic hydroxyl groups excluding tert-OH is 1. The molecule has 0 aliphatic heterocycles. The molecule has 0 aromatic heterocycles. The minimum Gasteiger partial charge on any atom is -0.481 e. The summed E-state index contributed by atoms with van der Waals surface area (Å²) in [4.78, 5) is 116. The molecule has 0 heterocycles. The van der Waals surface area contributed by atoms with Gasteiger partial charge in [0.1, 0.15) is 36.3 Å². The molecule has 382 valence electrons. The number of nitrogens with zero attached hydrogens (tertiary/aromatic N) is 3. The van der Waals surface area contributed by atoms with Gasteiger partial charge in [-0.3, -0.25) is 48.5 Å². The fourth-order valence-corrected chi connectivity index (χ4v) is 6.08. The van der Waals surface area contributed by atoms with Crippen LogP contribution >= 0.6 is 0 Å². The number of carbonyl (C=O) groups excluding carboxylic acids is 6. The third kappa shape index (κ3) is 28.1. The first-order chi connectivity index (χ1) is 31.7. The largest absolute Gasteiger partial charge is 0.481 e. The number of rotatable bonds is 37. The van der Waals surface area contributed by atoms with Crippen molar-refractivity contribution in [1.82, 2.24) is 31.9 Å². The second-order valence-corrected chi connectivity index (χ2v) is 15.3. The third-order valence-electron chi connectivity index (χ3n) is 9.70. The zero-order chi connectivity index (χ0) is 50.9. The number of nitrogens with two attached hydrogens (primary N) is 9. The number of carboxylic acid groups (broad SMARTS) is 2. The number of guanidine groups is 3. The monoisotopic (exact) mass is 959 g/mol. The van der Waals surface area contributed by atoms with E-state index in [0.29, 0.717) is 38.6 Å². The summed E-state index contributed by atoms with van der Waals surface area (Å²) >= 11 is 0. The Morgan fingerprint density at radius 3 is 1.06 bits per heavy atom. The molecule has 0 unspecified atom stereocenters. The predicted octanol–water partition coefficient (Wildman–Crippen LogP) is -7.42. The van der Waals surface area contributed by atoms with Crippen molar-refractivity contribution in [3.8, 4) is 0 Å². The van der Waals surface area contributed by atoms with Crippen LogP contribution in [0.2, 0.25) is 0 Å². The summed E-state index contributed by atoms with van der Waals surface area (Å²) in [5.74, 6) is -8.82. The van der Waals surface area contributed by atoms with Gasteiger partial charge in [-0.2, -0.15) is 0 Å². The number of unbranched alkanes of at least 4 members (excludes halogenated alkanes) is 2. The Hall–Kier alpha value is -6.59. The van der Waals surface area contributed by atoms with E-state index < -0.39 is 109 Å². The Morgan fingerprint density at radius 1 is 0.418 bits per heavy atom. The van der Waals surface area contributed by atoms with Gasteiger partial charge in [0.2, 0.25) is 35.4 Å². The fraction of sp³-hybridized carbons (Fsp3) is 0.711. The number of aliphatic carboxylic acids is 2. The van der Waals surface area contributed by atoms with Crippen molar-refractivity contribution in [3.63, 3.8) is 0 Å². The summed E-state index contributed by atoms with van der Waals surface area (Å²) in [5.41, 5.74) is 49.7. The lowest BCUT2D eigenvalue weighted by molar-refractivity contribution is -0.143. The molecule has 0 saturated carbocycles. The molecule has 29 heteroatoms. The summed E-state index contributed by atoms with van der Waals surface area (Å²) < 4.78 is 0. The molecular formula is C38H74N18O11. The Kier molecular flexibility index (Phi) is 31.3. The Balaban J connectivity index is 6.52. The SMILES string of the molecule is NCCCC[C@H](NC(=O)[C@H](CCCN=C(N)N)NC(=O)[C@H](CO)NC(=O)[C@H](CCCN=C(N)N)NC(=O)[C@H](CCCCN)NC(=O)[C@@H](N)CCCN=C(N)N)C(=O)N[C@@H](CCC(=O)O)C(=O)O. The highest BCUT2D eigenvalue weighted by Gasteiger charge is 2.33. The van der Waals surface area contributed by atoms with Crippen LogP contribution < -0.4 is 83.5 Å². The molecule has 0 bridgehead atoms. The highest BCUT2D eigenvalue weighted by atomic mass is 16.4. The van der Waals surface area contributed by atoms with Crippen molar-refractivity contribution in [3.05, 3.63) is 0 Å². The van der Waals surface area contributed by atoms with E-state index in [2.05, 4.69) is 46.9 Å². The summed E-state index contributed by atoms with van der Waals surface area (Å²) in [6, 6.07) is -9.82. The second kappa shape index (κ2) is 34.7. The standard InChI is InChI=1S/C38H74N18O11/c39-15-3-1-9-22(51-29(60)21(41)8-5-17-48-36(42)43)30(61)53-25(12-7-19-50-38(46)47)33(64)56-27(20-57)34(65)54-24(11-6-18-49-37(44)45)31(62)52-23(10-2-4-16-40)32(63)55-26(35(66)67)13-14-28(58)59/h21-27,57H,1-20,39-41H2,(H,51,60)(H,52,62)(H,53,61)(H,54,65)(H,55,63)(H,56,64)(H,58,59)(H,66,67)(H4,42,43,48)(H4,44,45,49)(H4,46,47,50)/t21-,22-,23-,24-,25-,26-,27-/m0/s1. The maximum Gasteiger partial charge on any atom is 0.326 e. The van der Waals surface area contributed by atoms with Gasteiger partial charge < -0.3 is 98.8 Å². The van der Waals surface area contributed by atoms with E-state index in [1.165, 1.54) is 0 Å². The zero-order valence-electron chi connectivity index (χ0n) is 37.8. The van der Waals surface area contributed by atoms with Crippen LogP contribution in [0.1, 0.15) is 89.9 Å². The topological polar surface area (TPSA) is 541 Å². The number of hydrogen-bond donors (Lipinski definition) is 18. The lowest BCUT2D eigenvalue weighted by Gasteiger charge is -2.27. The van der Waals surface area contributed by atoms with Crippen molar-refractivity contribution in [2.75, 3.05) is 39.3 Å². The highest BCUT2D eigenvalue weighted by Crippen LogP contribution is 2.09. The molecule has 0 aromatic carbocycles. The lowest BCUT2D eigenvalue weighted by Crippen LogP contribution is -2.60. The van der Waals surface area contributed by atoms with Gasteiger partial charge in [-0.25, -0.2) is 4.79 Å². The summed E-state index contributed by atoms with van der Waals surface area (Å²) in [5, 5.41) is 43.7. The van der Waals surface area contributed by atoms with Crippen LogP contribution in [0, 0.1) is 0 Å². The van der Waals surface area contributed by atoms with Crippen molar-refractivity contribution in [1.29, 1.82) is 0 Å². The summed E-state index contributed by atoms with van der Waals surface area (Å²) in [7, 11) is 0. The average Bonchev–Trinajstić information content (AvgIpc) is 3.26. The van der Waals surface area contributed by atoms with Gasteiger partial charge in [-0.15, -0.1) is 0 Å². The Morgan fingerprint density at radius 2 is 0.731 bits per heavy atom. The molecule has 6 amide bonds. The number of carboxylic acids is 2. The predicted molar refractivity (Wildman–Crippen MR) is 247 cm³/mol. The molecule has 27 N–H and O–H groups in total. The lowest BCUT2D eigenvalue weighted by atomic mass is 10.0. The van der Waals surface area contributed by atoms with Gasteiger partial charge in [0.05, 0.1) is 12.6 Å². The van der Waals surface area contributed by atoms with Crippen LogP contribution in [0.4, 0.5) is 0 Å².